The maximum Gasteiger partial charge on any atom is 0.238 e. The van der Waals surface area contributed by atoms with Crippen molar-refractivity contribution in [2.45, 2.75) is 20.0 Å². The summed E-state index contributed by atoms with van der Waals surface area (Å²) in [6, 6.07) is 9.13. The van der Waals surface area contributed by atoms with Crippen LogP contribution in [0.2, 0.25) is 0 Å². The van der Waals surface area contributed by atoms with Gasteiger partial charge in [-0.05, 0) is 19.9 Å². The first-order valence-electron chi connectivity index (χ1n) is 8.65. The van der Waals surface area contributed by atoms with Gasteiger partial charge in [0.1, 0.15) is 11.0 Å². The molecule has 0 aliphatic carbocycles. The van der Waals surface area contributed by atoms with Crippen LogP contribution in [0.1, 0.15) is 13.8 Å². The second-order valence-corrected chi connectivity index (χ2v) is 7.46. The number of hydrogen-bond donors (Lipinski definition) is 2. The first-order chi connectivity index (χ1) is 13.4. The van der Waals surface area contributed by atoms with E-state index in [0.717, 1.165) is 10.1 Å². The van der Waals surface area contributed by atoms with Gasteiger partial charge in [-0.1, -0.05) is 18.2 Å². The van der Waals surface area contributed by atoms with Gasteiger partial charge < -0.3 is 24.1 Å². The summed E-state index contributed by atoms with van der Waals surface area (Å²) in [5.74, 6) is -0.679. The molecule has 0 unspecified atom stereocenters. The van der Waals surface area contributed by atoms with Crippen LogP contribution >= 0.6 is 11.3 Å². The molecular weight excluding hydrogens is 380 g/mol. The molecule has 2 aromatic heterocycles. The molecule has 0 radical (unpaired) electrons. The van der Waals surface area contributed by atoms with Crippen LogP contribution in [0.25, 0.3) is 32.4 Å². The summed E-state index contributed by atoms with van der Waals surface area (Å²) in [4.78, 5) is 12.8. The van der Waals surface area contributed by atoms with Gasteiger partial charge in [0.05, 0.1) is 13.2 Å². The average Bonchev–Trinajstić information content (AvgIpc) is 3.08. The number of benzene rings is 2. The lowest BCUT2D eigenvalue weighted by Gasteiger charge is -2.16. The van der Waals surface area contributed by atoms with Gasteiger partial charge in [0.2, 0.25) is 16.9 Å². The minimum atomic E-state index is -0.738. The molecular formula is C21H18O6S. The van der Waals surface area contributed by atoms with Crippen molar-refractivity contribution in [3.05, 3.63) is 45.9 Å². The highest BCUT2D eigenvalue weighted by atomic mass is 32.1. The molecule has 144 valence electrons. The maximum atomic E-state index is 12.8. The summed E-state index contributed by atoms with van der Waals surface area (Å²) < 4.78 is 17.8. The second-order valence-electron chi connectivity index (χ2n) is 6.55. The highest BCUT2D eigenvalue weighted by molar-refractivity contribution is 7.17. The Balaban J connectivity index is 2.05. The number of phenolic OH excluding ortho intramolecular Hbond substituents is 1. The van der Waals surface area contributed by atoms with Crippen molar-refractivity contribution in [2.24, 2.45) is 0 Å². The molecule has 0 fully saturated rings. The van der Waals surface area contributed by atoms with E-state index in [1.807, 2.05) is 43.5 Å². The number of methoxy groups -OCH3 is 1. The highest BCUT2D eigenvalue weighted by Gasteiger charge is 2.24. The molecule has 2 N–H and O–H groups in total. The van der Waals surface area contributed by atoms with Crippen molar-refractivity contribution < 1.29 is 24.1 Å². The van der Waals surface area contributed by atoms with Crippen LogP contribution in [0, 0.1) is 0 Å². The average molecular weight is 398 g/mol. The van der Waals surface area contributed by atoms with Crippen molar-refractivity contribution in [3.8, 4) is 34.3 Å². The summed E-state index contributed by atoms with van der Waals surface area (Å²) in [7, 11) is 1.36. The first kappa shape index (κ1) is 18.2. The van der Waals surface area contributed by atoms with E-state index in [1.54, 1.807) is 0 Å². The summed E-state index contributed by atoms with van der Waals surface area (Å²) in [5.41, 5.74) is -0.0285. The molecule has 2 aromatic carbocycles. The molecule has 4 aromatic rings. The predicted octanol–water partition coefficient (Wildman–Crippen LogP) is 4.88. The van der Waals surface area contributed by atoms with Crippen LogP contribution in [0.15, 0.2) is 44.9 Å². The van der Waals surface area contributed by atoms with E-state index in [-0.39, 0.29) is 34.3 Å². The lowest BCUT2D eigenvalue weighted by atomic mass is 10.1. The Hall–Kier alpha value is -3.19. The van der Waals surface area contributed by atoms with Gasteiger partial charge in [-0.2, -0.15) is 0 Å². The van der Waals surface area contributed by atoms with Crippen molar-refractivity contribution >= 4 is 32.4 Å². The normalized spacial score (nSPS) is 11.4. The molecule has 0 amide bonds. The molecule has 0 saturated heterocycles. The molecule has 0 atom stereocenters. The smallest absolute Gasteiger partial charge is 0.238 e. The molecule has 6 nitrogen and oxygen atoms in total. The fraction of sp³-hybridized carbons (Fsp3) is 0.190. The fourth-order valence-electron chi connectivity index (χ4n) is 3.16. The number of ether oxygens (including phenoxy) is 2. The SMILES string of the molecule is COc1c(OC(C)C)cc2oc(-c3csc4ccccc34)c(O)c(=O)c2c1O. The second kappa shape index (κ2) is 6.76. The van der Waals surface area contributed by atoms with Crippen molar-refractivity contribution in [1.82, 2.24) is 0 Å². The lowest BCUT2D eigenvalue weighted by Crippen LogP contribution is -2.08. The third kappa shape index (κ3) is 2.75. The number of phenols is 1. The Kier molecular flexibility index (Phi) is 4.39. The van der Waals surface area contributed by atoms with E-state index < -0.39 is 16.9 Å². The molecule has 2 heterocycles. The van der Waals surface area contributed by atoms with Crippen LogP contribution in [0.3, 0.4) is 0 Å². The molecule has 28 heavy (non-hydrogen) atoms. The van der Waals surface area contributed by atoms with Gasteiger partial charge in [-0.15, -0.1) is 11.3 Å². The summed E-state index contributed by atoms with van der Waals surface area (Å²) in [5, 5.41) is 23.6. The zero-order valence-corrected chi connectivity index (χ0v) is 16.3. The monoisotopic (exact) mass is 398 g/mol. The van der Waals surface area contributed by atoms with Gasteiger partial charge in [0.25, 0.3) is 0 Å². The topological polar surface area (TPSA) is 89.1 Å². The van der Waals surface area contributed by atoms with Crippen LogP contribution in [0.5, 0.6) is 23.0 Å². The van der Waals surface area contributed by atoms with Gasteiger partial charge in [-0.3, -0.25) is 4.79 Å². The maximum absolute atomic E-state index is 12.8. The van der Waals surface area contributed by atoms with Crippen LogP contribution in [-0.2, 0) is 0 Å². The lowest BCUT2D eigenvalue weighted by molar-refractivity contribution is 0.227. The number of thiophene rings is 1. The molecule has 0 bridgehead atoms. The van der Waals surface area contributed by atoms with Gasteiger partial charge in [0.15, 0.2) is 17.3 Å². The molecule has 0 aliphatic rings. The third-order valence-electron chi connectivity index (χ3n) is 4.35. The van der Waals surface area contributed by atoms with E-state index in [4.69, 9.17) is 13.9 Å². The van der Waals surface area contributed by atoms with E-state index in [0.29, 0.717) is 5.56 Å². The Bertz CT molecular complexity index is 1250. The van der Waals surface area contributed by atoms with E-state index in [1.165, 1.54) is 24.5 Å². The van der Waals surface area contributed by atoms with Crippen molar-refractivity contribution in [1.29, 1.82) is 0 Å². The van der Waals surface area contributed by atoms with Gasteiger partial charge in [0, 0.05) is 27.1 Å². The summed E-state index contributed by atoms with van der Waals surface area (Å²) in [6.07, 6.45) is -0.185. The standard InChI is InChI=1S/C21H18O6S/c1-10(2)26-14-8-13-16(18(23)21(14)25-3)17(22)19(24)20(27-13)12-9-28-15-7-5-4-6-11(12)15/h4-10,23-24H,1-3H3. The zero-order chi connectivity index (χ0) is 20.0. The quantitative estimate of drug-likeness (QED) is 0.509. The fourth-order valence-corrected chi connectivity index (χ4v) is 4.10. The molecule has 0 spiro atoms. The highest BCUT2D eigenvalue weighted by Crippen LogP contribution is 2.45. The van der Waals surface area contributed by atoms with Crippen LogP contribution < -0.4 is 14.9 Å². The minimum absolute atomic E-state index is 0.0154. The van der Waals surface area contributed by atoms with Crippen molar-refractivity contribution in [2.75, 3.05) is 7.11 Å². The van der Waals surface area contributed by atoms with Crippen molar-refractivity contribution in [3.63, 3.8) is 0 Å². The number of aromatic hydroxyl groups is 2. The zero-order valence-electron chi connectivity index (χ0n) is 15.5. The largest absolute Gasteiger partial charge is 0.504 e. The van der Waals surface area contributed by atoms with Crippen LogP contribution in [0.4, 0.5) is 0 Å². The Labute approximate surface area is 164 Å². The Morgan fingerprint density at radius 1 is 1.14 bits per heavy atom. The number of hydrogen-bond acceptors (Lipinski definition) is 7. The van der Waals surface area contributed by atoms with Gasteiger partial charge >= 0.3 is 0 Å². The molecule has 4 rings (SSSR count). The van der Waals surface area contributed by atoms with Crippen LogP contribution in [-0.4, -0.2) is 23.4 Å². The number of rotatable bonds is 4. The Morgan fingerprint density at radius 3 is 2.61 bits per heavy atom. The molecule has 7 heteroatoms. The molecule has 0 aliphatic heterocycles. The van der Waals surface area contributed by atoms with Gasteiger partial charge in [-0.25, -0.2) is 0 Å². The Morgan fingerprint density at radius 2 is 1.89 bits per heavy atom. The number of fused-ring (bicyclic) bond motifs is 2. The summed E-state index contributed by atoms with van der Waals surface area (Å²) >= 11 is 1.48. The predicted molar refractivity (Wildman–Crippen MR) is 109 cm³/mol. The van der Waals surface area contributed by atoms with E-state index in [2.05, 4.69) is 0 Å². The minimum Gasteiger partial charge on any atom is -0.504 e. The molecule has 0 saturated carbocycles. The van der Waals surface area contributed by atoms with E-state index >= 15 is 0 Å². The first-order valence-corrected chi connectivity index (χ1v) is 9.53. The summed E-state index contributed by atoms with van der Waals surface area (Å²) in [6.45, 7) is 3.66. The third-order valence-corrected chi connectivity index (χ3v) is 5.31. The van der Waals surface area contributed by atoms with E-state index in [9.17, 15) is 15.0 Å².